The minimum absolute atomic E-state index is 0.849. The molecule has 0 radical (unpaired) electrons. The third kappa shape index (κ3) is 1.99. The van der Waals surface area contributed by atoms with Crippen molar-refractivity contribution < 1.29 is 18.6 Å². The number of pyridine rings is 2. The second-order valence-corrected chi connectivity index (χ2v) is 8.35. The molecule has 1 atom stereocenters. The number of fused-ring (bicyclic) bond motifs is 5. The molecule has 4 heterocycles. The molecular formula is C27H20N2O2+2. The Kier molecular flexibility index (Phi) is 3.05. The van der Waals surface area contributed by atoms with Crippen LogP contribution < -0.4 is 18.6 Å². The zero-order chi connectivity index (χ0) is 20.7. The molecule has 4 nitrogen and oxygen atoms in total. The maximum atomic E-state index is 6.90. The Morgan fingerprint density at radius 2 is 1.42 bits per heavy atom. The molecule has 31 heavy (non-hydrogen) atoms. The number of aromatic nitrogens is 2. The molecule has 148 valence electrons. The van der Waals surface area contributed by atoms with Crippen molar-refractivity contribution in [3.8, 4) is 22.8 Å². The summed E-state index contributed by atoms with van der Waals surface area (Å²) in [6, 6.07) is 24.1. The molecule has 0 saturated heterocycles. The molecule has 0 aliphatic carbocycles. The Labute approximate surface area is 179 Å². The molecule has 3 aromatic carbocycles. The zero-order valence-corrected chi connectivity index (χ0v) is 17.3. The summed E-state index contributed by atoms with van der Waals surface area (Å²) >= 11 is 0. The highest BCUT2D eigenvalue weighted by atomic mass is 16.7. The molecule has 0 fully saturated rings. The van der Waals surface area contributed by atoms with Gasteiger partial charge in [-0.15, -0.1) is 0 Å². The number of hydrogen-bond donors (Lipinski definition) is 0. The van der Waals surface area contributed by atoms with E-state index in [0.717, 1.165) is 55.6 Å². The Morgan fingerprint density at radius 1 is 0.645 bits per heavy atom. The highest BCUT2D eigenvalue weighted by Crippen LogP contribution is 2.43. The Balaban J connectivity index is 1.68. The van der Waals surface area contributed by atoms with Crippen molar-refractivity contribution in [2.24, 2.45) is 0 Å². The fourth-order valence-electron chi connectivity index (χ4n) is 5.05. The van der Waals surface area contributed by atoms with Crippen molar-refractivity contribution in [2.45, 2.75) is 19.9 Å². The summed E-state index contributed by atoms with van der Waals surface area (Å²) in [5.41, 5.74) is 5.41. The molecule has 4 heteroatoms. The Bertz CT molecular complexity index is 1570. The smallest absolute Gasteiger partial charge is 0.339 e. The van der Waals surface area contributed by atoms with Gasteiger partial charge >= 0.3 is 6.03 Å². The molecule has 0 amide bonds. The maximum absolute atomic E-state index is 6.90. The molecule has 0 N–H and O–H groups in total. The summed E-state index contributed by atoms with van der Waals surface area (Å²) in [6.07, 6.45) is 4.09. The van der Waals surface area contributed by atoms with Crippen LogP contribution in [0.4, 0.5) is 0 Å². The first-order chi connectivity index (χ1) is 15.2. The molecule has 2 aliphatic rings. The lowest BCUT2D eigenvalue weighted by atomic mass is 10.00. The van der Waals surface area contributed by atoms with E-state index >= 15 is 0 Å². The summed E-state index contributed by atoms with van der Waals surface area (Å²) in [5, 5.41) is 3.44. The maximum Gasteiger partial charge on any atom is 0.714 e. The topological polar surface area (TPSA) is 26.2 Å². The van der Waals surface area contributed by atoms with E-state index in [1.807, 2.05) is 12.3 Å². The minimum Gasteiger partial charge on any atom is -0.339 e. The molecule has 0 saturated carbocycles. The molecule has 1 spiro atoms. The number of para-hydroxylation sites is 1. The van der Waals surface area contributed by atoms with E-state index in [9.17, 15) is 0 Å². The SMILES string of the molecule is Cc1cccc2c1O[C@]1(Oc3c(C)ccc4ccc5ccc[n+]1c5c34)[n+]1ccccc1-2. The lowest BCUT2D eigenvalue weighted by Crippen LogP contribution is -2.81. The summed E-state index contributed by atoms with van der Waals surface area (Å²) in [4.78, 5) is 0. The fraction of sp³-hybridized carbons (Fsp3) is 0.111. The van der Waals surface area contributed by atoms with E-state index in [4.69, 9.17) is 9.47 Å². The summed E-state index contributed by atoms with van der Waals surface area (Å²) in [5.74, 6) is 1.72. The van der Waals surface area contributed by atoms with E-state index in [-0.39, 0.29) is 0 Å². The first-order valence-electron chi connectivity index (χ1n) is 10.5. The summed E-state index contributed by atoms with van der Waals surface area (Å²) in [6.45, 7) is 4.18. The van der Waals surface area contributed by atoms with Gasteiger partial charge in [0.1, 0.15) is 0 Å². The molecule has 2 aliphatic heterocycles. The van der Waals surface area contributed by atoms with Crippen LogP contribution in [0.25, 0.3) is 32.9 Å². The van der Waals surface area contributed by atoms with Crippen LogP contribution in [0.15, 0.2) is 85.2 Å². The van der Waals surface area contributed by atoms with Gasteiger partial charge in [0.25, 0.3) is 0 Å². The van der Waals surface area contributed by atoms with Crippen LogP contribution in [0.1, 0.15) is 11.1 Å². The first-order valence-corrected chi connectivity index (χ1v) is 10.5. The molecule has 0 bridgehead atoms. The second kappa shape index (κ2) is 5.61. The largest absolute Gasteiger partial charge is 0.714 e. The van der Waals surface area contributed by atoms with Gasteiger partial charge in [0.2, 0.25) is 11.2 Å². The van der Waals surface area contributed by atoms with Gasteiger partial charge < -0.3 is 9.47 Å². The molecular weight excluding hydrogens is 384 g/mol. The van der Waals surface area contributed by atoms with Crippen molar-refractivity contribution in [3.05, 3.63) is 96.3 Å². The van der Waals surface area contributed by atoms with Gasteiger partial charge in [0.05, 0.1) is 10.9 Å². The minimum atomic E-state index is -1.19. The van der Waals surface area contributed by atoms with Crippen molar-refractivity contribution in [1.82, 2.24) is 0 Å². The van der Waals surface area contributed by atoms with Crippen LogP contribution in [0, 0.1) is 13.8 Å². The van der Waals surface area contributed by atoms with Gasteiger partial charge in [-0.3, -0.25) is 0 Å². The number of rotatable bonds is 0. The van der Waals surface area contributed by atoms with Gasteiger partial charge in [-0.1, -0.05) is 39.5 Å². The van der Waals surface area contributed by atoms with E-state index in [1.165, 1.54) is 0 Å². The quantitative estimate of drug-likeness (QED) is 0.275. The van der Waals surface area contributed by atoms with E-state index < -0.39 is 6.03 Å². The lowest BCUT2D eigenvalue weighted by Gasteiger charge is -2.31. The summed E-state index contributed by atoms with van der Waals surface area (Å²) in [7, 11) is 0. The number of ether oxygens (including phenoxy) is 2. The van der Waals surface area contributed by atoms with Crippen LogP contribution in [-0.4, -0.2) is 0 Å². The van der Waals surface area contributed by atoms with E-state index in [2.05, 4.69) is 95.9 Å². The fourth-order valence-corrected chi connectivity index (χ4v) is 5.05. The van der Waals surface area contributed by atoms with Crippen LogP contribution >= 0.6 is 0 Å². The second-order valence-electron chi connectivity index (χ2n) is 8.35. The van der Waals surface area contributed by atoms with Crippen LogP contribution in [0.3, 0.4) is 0 Å². The zero-order valence-electron chi connectivity index (χ0n) is 17.3. The standard InChI is InChI=1S/C27H20N2O2/c1-17-7-5-9-21-22-10-3-4-15-28(22)27(30-25(17)21)29-16-6-8-20-14-13-19-12-11-18(2)26(31-27)23(19)24(20)29/h3-16H,1-2H3/q+2/t27-/m0/s1. The number of hydrogen-bond acceptors (Lipinski definition) is 2. The monoisotopic (exact) mass is 404 g/mol. The molecule has 7 rings (SSSR count). The van der Waals surface area contributed by atoms with Crippen LogP contribution in [0.5, 0.6) is 11.5 Å². The van der Waals surface area contributed by atoms with Crippen molar-refractivity contribution >= 4 is 21.7 Å². The third-order valence-electron chi connectivity index (χ3n) is 6.52. The Morgan fingerprint density at radius 3 is 2.35 bits per heavy atom. The van der Waals surface area contributed by atoms with E-state index in [1.54, 1.807) is 0 Å². The van der Waals surface area contributed by atoms with Gasteiger partial charge in [-0.25, -0.2) is 0 Å². The molecule has 2 aromatic heterocycles. The van der Waals surface area contributed by atoms with Gasteiger partial charge in [-0.2, -0.15) is 0 Å². The van der Waals surface area contributed by atoms with Gasteiger partial charge in [0.15, 0.2) is 23.9 Å². The average Bonchev–Trinajstić information content (AvgIpc) is 2.81. The number of aryl methyl sites for hydroxylation is 2. The summed E-state index contributed by atoms with van der Waals surface area (Å²) < 4.78 is 18.0. The van der Waals surface area contributed by atoms with E-state index in [0.29, 0.717) is 0 Å². The average molecular weight is 404 g/mol. The predicted molar refractivity (Wildman–Crippen MR) is 118 cm³/mol. The highest BCUT2D eigenvalue weighted by Gasteiger charge is 2.65. The van der Waals surface area contributed by atoms with Crippen LogP contribution in [0.2, 0.25) is 0 Å². The first kappa shape index (κ1) is 16.8. The third-order valence-corrected chi connectivity index (χ3v) is 6.52. The normalized spacial score (nSPS) is 18.0. The van der Waals surface area contributed by atoms with Gasteiger partial charge in [-0.05, 0) is 54.6 Å². The van der Waals surface area contributed by atoms with Crippen LogP contribution in [-0.2, 0) is 6.03 Å². The number of nitrogens with zero attached hydrogens (tertiary/aromatic N) is 2. The van der Waals surface area contributed by atoms with Crippen molar-refractivity contribution in [1.29, 1.82) is 0 Å². The van der Waals surface area contributed by atoms with Gasteiger partial charge in [0, 0.05) is 23.6 Å². The molecule has 0 unspecified atom stereocenters. The Hall–Kier alpha value is -3.92. The highest BCUT2D eigenvalue weighted by molar-refractivity contribution is 6.07. The lowest BCUT2D eigenvalue weighted by molar-refractivity contribution is -1.05. The predicted octanol–water partition coefficient (Wildman–Crippen LogP) is 4.75. The number of benzene rings is 3. The van der Waals surface area contributed by atoms with Crippen molar-refractivity contribution in [3.63, 3.8) is 0 Å². The van der Waals surface area contributed by atoms with Crippen molar-refractivity contribution in [2.75, 3.05) is 0 Å². The molecule has 5 aromatic rings.